The van der Waals surface area contributed by atoms with E-state index < -0.39 is 0 Å². The normalized spacial score (nSPS) is 16.2. The molecule has 1 aromatic rings. The molecule has 1 N–H and O–H groups in total. The Morgan fingerprint density at radius 2 is 2.00 bits per heavy atom. The van der Waals surface area contributed by atoms with Crippen LogP contribution in [0, 0.1) is 5.92 Å². The summed E-state index contributed by atoms with van der Waals surface area (Å²) in [6.45, 7) is 5.31. The van der Waals surface area contributed by atoms with Gasteiger partial charge in [0.1, 0.15) is 12.4 Å². The molecule has 0 radical (unpaired) electrons. The smallest absolute Gasteiger partial charge is 0.218 e. The number of hydrogen-bond acceptors (Lipinski definition) is 5. The van der Waals surface area contributed by atoms with Gasteiger partial charge >= 0.3 is 0 Å². The largest absolute Gasteiger partial charge is 0.477 e. The van der Waals surface area contributed by atoms with E-state index >= 15 is 0 Å². The summed E-state index contributed by atoms with van der Waals surface area (Å²) in [6.07, 6.45) is 6.37. The molecule has 0 saturated heterocycles. The quantitative estimate of drug-likeness (QED) is 0.835. The van der Waals surface area contributed by atoms with Crippen LogP contribution in [-0.2, 0) is 11.3 Å². The van der Waals surface area contributed by atoms with Gasteiger partial charge in [0.2, 0.25) is 5.88 Å². The van der Waals surface area contributed by atoms with Crippen molar-refractivity contribution in [1.29, 1.82) is 0 Å². The lowest BCUT2D eigenvalue weighted by Gasteiger charge is -2.23. The van der Waals surface area contributed by atoms with Crippen molar-refractivity contribution in [2.24, 2.45) is 5.92 Å². The van der Waals surface area contributed by atoms with Gasteiger partial charge in [0.15, 0.2) is 5.82 Å². The summed E-state index contributed by atoms with van der Waals surface area (Å²) in [7, 11) is 1.65. The van der Waals surface area contributed by atoms with Gasteiger partial charge in [-0.3, -0.25) is 0 Å². The Bertz CT molecular complexity index is 432. The maximum absolute atomic E-state index is 5.74. The van der Waals surface area contributed by atoms with Crippen molar-refractivity contribution < 1.29 is 9.47 Å². The SMILES string of the molecule is COCc1nc(NC2CCCCC2)cc(OCC(C)C)n1. The molecule has 0 spiro atoms. The molecule has 0 atom stereocenters. The Hall–Kier alpha value is -1.36. The van der Waals surface area contributed by atoms with Gasteiger partial charge in [-0.25, -0.2) is 4.98 Å². The van der Waals surface area contributed by atoms with E-state index in [1.807, 2.05) is 6.07 Å². The van der Waals surface area contributed by atoms with Crippen LogP contribution in [0.4, 0.5) is 5.82 Å². The first kappa shape index (κ1) is 16.0. The number of ether oxygens (including phenoxy) is 2. The van der Waals surface area contributed by atoms with Crippen molar-refractivity contribution >= 4 is 5.82 Å². The van der Waals surface area contributed by atoms with Crippen LogP contribution < -0.4 is 10.1 Å². The number of nitrogens with zero attached hydrogens (tertiary/aromatic N) is 2. The lowest BCUT2D eigenvalue weighted by atomic mass is 9.95. The van der Waals surface area contributed by atoms with Crippen LogP contribution in [0.1, 0.15) is 51.8 Å². The molecule has 21 heavy (non-hydrogen) atoms. The first-order chi connectivity index (χ1) is 10.2. The molecule has 0 aromatic carbocycles. The molecule has 1 aliphatic carbocycles. The molecule has 118 valence electrons. The summed E-state index contributed by atoms with van der Waals surface area (Å²) in [6, 6.07) is 2.41. The highest BCUT2D eigenvalue weighted by Gasteiger charge is 2.15. The van der Waals surface area contributed by atoms with Gasteiger partial charge < -0.3 is 14.8 Å². The minimum atomic E-state index is 0.401. The molecule has 1 aliphatic rings. The monoisotopic (exact) mass is 293 g/mol. The fraction of sp³-hybridized carbons (Fsp3) is 0.750. The highest BCUT2D eigenvalue weighted by molar-refractivity contribution is 5.39. The summed E-state index contributed by atoms with van der Waals surface area (Å²) < 4.78 is 10.9. The highest BCUT2D eigenvalue weighted by atomic mass is 16.5. The molecule has 0 aliphatic heterocycles. The number of nitrogens with one attached hydrogen (secondary N) is 1. The second kappa shape index (κ2) is 8.17. The predicted octanol–water partition coefficient (Wildman–Crippen LogP) is 3.40. The van der Waals surface area contributed by atoms with Gasteiger partial charge in [0, 0.05) is 19.2 Å². The second-order valence-corrected chi connectivity index (χ2v) is 6.12. The molecule has 0 unspecified atom stereocenters. The molecule has 0 bridgehead atoms. The van der Waals surface area contributed by atoms with Crippen LogP contribution in [0.3, 0.4) is 0 Å². The van der Waals surface area contributed by atoms with E-state index in [0.717, 1.165) is 5.82 Å². The molecule has 2 rings (SSSR count). The van der Waals surface area contributed by atoms with E-state index in [4.69, 9.17) is 9.47 Å². The molecular formula is C16H27N3O2. The first-order valence-electron chi connectivity index (χ1n) is 7.93. The molecular weight excluding hydrogens is 266 g/mol. The fourth-order valence-electron chi connectivity index (χ4n) is 2.52. The summed E-state index contributed by atoms with van der Waals surface area (Å²) in [5.74, 6) is 2.62. The van der Waals surface area contributed by atoms with Crippen LogP contribution in [0.2, 0.25) is 0 Å². The summed E-state index contributed by atoms with van der Waals surface area (Å²) in [5, 5.41) is 3.52. The molecule has 1 aromatic heterocycles. The second-order valence-electron chi connectivity index (χ2n) is 6.12. The summed E-state index contributed by atoms with van der Waals surface area (Å²) in [4.78, 5) is 8.91. The maximum atomic E-state index is 5.74. The molecule has 0 amide bonds. The minimum Gasteiger partial charge on any atom is -0.477 e. The van der Waals surface area contributed by atoms with E-state index in [9.17, 15) is 0 Å². The Labute approximate surface area is 127 Å². The van der Waals surface area contributed by atoms with E-state index in [-0.39, 0.29) is 0 Å². The lowest BCUT2D eigenvalue weighted by molar-refractivity contribution is 0.175. The van der Waals surface area contributed by atoms with Crippen LogP contribution in [-0.4, -0.2) is 29.7 Å². The zero-order valence-corrected chi connectivity index (χ0v) is 13.4. The standard InChI is InChI=1S/C16H27N3O2/c1-12(2)10-21-16-9-14(18-15(19-16)11-20-3)17-13-7-5-4-6-8-13/h9,12-13H,4-8,10-11H2,1-3H3,(H,17,18,19). The van der Waals surface area contributed by atoms with Crippen LogP contribution in [0.5, 0.6) is 5.88 Å². The maximum Gasteiger partial charge on any atom is 0.218 e. The third-order valence-corrected chi connectivity index (χ3v) is 3.54. The van der Waals surface area contributed by atoms with Crippen molar-refractivity contribution in [1.82, 2.24) is 9.97 Å². The van der Waals surface area contributed by atoms with Crippen LogP contribution >= 0.6 is 0 Å². The third kappa shape index (κ3) is 5.50. The van der Waals surface area contributed by atoms with Crippen molar-refractivity contribution in [3.8, 4) is 5.88 Å². The third-order valence-electron chi connectivity index (χ3n) is 3.54. The average molecular weight is 293 g/mol. The van der Waals surface area contributed by atoms with Crippen molar-refractivity contribution in [2.75, 3.05) is 19.0 Å². The first-order valence-corrected chi connectivity index (χ1v) is 7.93. The van der Waals surface area contributed by atoms with E-state index in [0.29, 0.717) is 36.9 Å². The molecule has 1 saturated carbocycles. The zero-order chi connectivity index (χ0) is 15.1. The van der Waals surface area contributed by atoms with Crippen LogP contribution in [0.15, 0.2) is 6.07 Å². The summed E-state index contributed by atoms with van der Waals surface area (Å²) >= 11 is 0. The Balaban J connectivity index is 2.06. The van der Waals surface area contributed by atoms with Crippen molar-refractivity contribution in [3.63, 3.8) is 0 Å². The molecule has 1 fully saturated rings. The number of rotatable bonds is 7. The number of aromatic nitrogens is 2. The molecule has 1 heterocycles. The Morgan fingerprint density at radius 1 is 1.24 bits per heavy atom. The van der Waals surface area contributed by atoms with Gasteiger partial charge in [-0.1, -0.05) is 33.1 Å². The van der Waals surface area contributed by atoms with E-state index in [1.54, 1.807) is 7.11 Å². The van der Waals surface area contributed by atoms with Crippen molar-refractivity contribution in [2.45, 2.75) is 58.6 Å². The van der Waals surface area contributed by atoms with E-state index in [1.165, 1.54) is 32.1 Å². The molecule has 5 nitrogen and oxygen atoms in total. The Morgan fingerprint density at radius 3 is 2.67 bits per heavy atom. The van der Waals surface area contributed by atoms with Gasteiger partial charge in [-0.15, -0.1) is 0 Å². The zero-order valence-electron chi connectivity index (χ0n) is 13.4. The highest BCUT2D eigenvalue weighted by Crippen LogP contribution is 2.22. The van der Waals surface area contributed by atoms with Crippen molar-refractivity contribution in [3.05, 3.63) is 11.9 Å². The van der Waals surface area contributed by atoms with Crippen LogP contribution in [0.25, 0.3) is 0 Å². The number of hydrogen-bond donors (Lipinski definition) is 1. The number of anilines is 1. The number of methoxy groups -OCH3 is 1. The Kier molecular flexibility index (Phi) is 6.23. The topological polar surface area (TPSA) is 56.3 Å². The minimum absolute atomic E-state index is 0.401. The van der Waals surface area contributed by atoms with Gasteiger partial charge in [-0.2, -0.15) is 4.98 Å². The van der Waals surface area contributed by atoms with E-state index in [2.05, 4.69) is 29.1 Å². The van der Waals surface area contributed by atoms with Gasteiger partial charge in [0.25, 0.3) is 0 Å². The predicted molar refractivity (Wildman–Crippen MR) is 83.6 cm³/mol. The van der Waals surface area contributed by atoms with Gasteiger partial charge in [0.05, 0.1) is 6.61 Å². The summed E-state index contributed by atoms with van der Waals surface area (Å²) in [5.41, 5.74) is 0. The average Bonchev–Trinajstić information content (AvgIpc) is 2.46. The fourth-order valence-corrected chi connectivity index (χ4v) is 2.52. The van der Waals surface area contributed by atoms with Gasteiger partial charge in [-0.05, 0) is 18.8 Å². The lowest BCUT2D eigenvalue weighted by Crippen LogP contribution is -2.23. The molecule has 5 heteroatoms.